The van der Waals surface area contributed by atoms with E-state index in [0.717, 1.165) is 55.5 Å². The summed E-state index contributed by atoms with van der Waals surface area (Å²) in [4.78, 5) is 14.1. The maximum absolute atomic E-state index is 12.1. The Bertz CT molecular complexity index is 878. The molecule has 0 saturated carbocycles. The topological polar surface area (TPSA) is 61.0 Å². The van der Waals surface area contributed by atoms with E-state index in [1.54, 1.807) is 0 Å². The fourth-order valence-electron chi connectivity index (χ4n) is 3.54. The number of hydrogen-bond acceptors (Lipinski definition) is 3. The van der Waals surface area contributed by atoms with E-state index in [1.807, 2.05) is 11.1 Å². The minimum Gasteiger partial charge on any atom is -0.381 e. The number of carbonyl (C=O) groups is 1. The third-order valence-corrected chi connectivity index (χ3v) is 5.09. The van der Waals surface area contributed by atoms with E-state index in [1.165, 1.54) is 11.1 Å². The summed E-state index contributed by atoms with van der Waals surface area (Å²) in [7, 11) is 0. The van der Waals surface area contributed by atoms with Crippen LogP contribution in [-0.4, -0.2) is 34.1 Å². The Morgan fingerprint density at radius 1 is 1.12 bits per heavy atom. The quantitative estimate of drug-likeness (QED) is 0.713. The van der Waals surface area contributed by atoms with Crippen molar-refractivity contribution in [2.24, 2.45) is 0 Å². The first-order valence-corrected chi connectivity index (χ1v) is 9.31. The lowest BCUT2D eigenvalue weighted by atomic mass is 10.1. The molecule has 2 aromatic carbocycles. The van der Waals surface area contributed by atoms with E-state index in [-0.39, 0.29) is 5.91 Å². The highest BCUT2D eigenvalue weighted by Gasteiger charge is 2.17. The van der Waals surface area contributed by atoms with E-state index in [2.05, 4.69) is 58.0 Å². The molecule has 5 heteroatoms. The summed E-state index contributed by atoms with van der Waals surface area (Å²) in [6.45, 7) is 2.61. The van der Waals surface area contributed by atoms with Gasteiger partial charge in [0.15, 0.2) is 0 Å². The van der Waals surface area contributed by atoms with Crippen LogP contribution in [0.4, 0.5) is 5.69 Å². The molecule has 0 unspecified atom stereocenters. The highest BCUT2D eigenvalue weighted by Crippen LogP contribution is 2.18. The van der Waals surface area contributed by atoms with Crippen LogP contribution in [0.15, 0.2) is 48.7 Å². The van der Waals surface area contributed by atoms with Crippen LogP contribution < -0.4 is 5.32 Å². The van der Waals surface area contributed by atoms with Crippen molar-refractivity contribution < 1.29 is 4.79 Å². The van der Waals surface area contributed by atoms with Crippen LogP contribution in [0.2, 0.25) is 0 Å². The molecule has 1 saturated heterocycles. The van der Waals surface area contributed by atoms with Crippen LogP contribution in [0.3, 0.4) is 0 Å². The SMILES string of the molecule is O=C(CCc1ccc(NCc2cccc3cn[nH]c23)cc1)N1CCCC1. The number of aryl methyl sites for hydroxylation is 1. The molecule has 1 aromatic heterocycles. The van der Waals surface area contributed by atoms with Crippen LogP contribution in [0, 0.1) is 0 Å². The molecular formula is C21H24N4O. The smallest absolute Gasteiger partial charge is 0.222 e. The number of carbonyl (C=O) groups excluding carboxylic acids is 1. The molecule has 1 aliphatic heterocycles. The minimum atomic E-state index is 0.289. The number of fused-ring (bicyclic) bond motifs is 1. The Hall–Kier alpha value is -2.82. The first-order chi connectivity index (χ1) is 12.8. The Morgan fingerprint density at radius 3 is 2.73 bits per heavy atom. The van der Waals surface area contributed by atoms with E-state index < -0.39 is 0 Å². The van der Waals surface area contributed by atoms with Crippen molar-refractivity contribution in [1.29, 1.82) is 0 Å². The fraction of sp³-hybridized carbons (Fsp3) is 0.333. The normalized spacial score (nSPS) is 14.1. The Morgan fingerprint density at radius 2 is 1.92 bits per heavy atom. The van der Waals surface area contributed by atoms with Crippen LogP contribution in [-0.2, 0) is 17.8 Å². The largest absolute Gasteiger partial charge is 0.381 e. The number of likely N-dealkylation sites (tertiary alicyclic amines) is 1. The number of aromatic amines is 1. The average Bonchev–Trinajstić information content (AvgIpc) is 3.37. The molecule has 0 bridgehead atoms. The van der Waals surface area contributed by atoms with Gasteiger partial charge in [0.1, 0.15) is 0 Å². The number of H-pyrrole nitrogens is 1. The molecule has 2 heterocycles. The van der Waals surface area contributed by atoms with Crippen molar-refractivity contribution in [2.75, 3.05) is 18.4 Å². The maximum atomic E-state index is 12.1. The van der Waals surface area contributed by atoms with Crippen molar-refractivity contribution in [1.82, 2.24) is 15.1 Å². The number of anilines is 1. The summed E-state index contributed by atoms with van der Waals surface area (Å²) in [6.07, 6.45) is 5.56. The lowest BCUT2D eigenvalue weighted by Gasteiger charge is -2.15. The predicted molar refractivity (Wildman–Crippen MR) is 104 cm³/mol. The van der Waals surface area contributed by atoms with Gasteiger partial charge in [0, 0.05) is 37.1 Å². The summed E-state index contributed by atoms with van der Waals surface area (Å²) >= 11 is 0. The molecule has 26 heavy (non-hydrogen) atoms. The molecule has 3 aromatic rings. The molecule has 0 atom stereocenters. The lowest BCUT2D eigenvalue weighted by molar-refractivity contribution is -0.130. The van der Waals surface area contributed by atoms with Gasteiger partial charge in [-0.25, -0.2) is 0 Å². The molecular weight excluding hydrogens is 324 g/mol. The molecule has 0 aliphatic carbocycles. The number of nitrogens with one attached hydrogen (secondary N) is 2. The number of nitrogens with zero attached hydrogens (tertiary/aromatic N) is 2. The number of amides is 1. The lowest BCUT2D eigenvalue weighted by Crippen LogP contribution is -2.27. The van der Waals surface area contributed by atoms with Gasteiger partial charge in [-0.15, -0.1) is 0 Å². The van der Waals surface area contributed by atoms with Crippen LogP contribution >= 0.6 is 0 Å². The fourth-order valence-corrected chi connectivity index (χ4v) is 3.54. The van der Waals surface area contributed by atoms with Gasteiger partial charge >= 0.3 is 0 Å². The number of benzene rings is 2. The first-order valence-electron chi connectivity index (χ1n) is 9.31. The van der Waals surface area contributed by atoms with Gasteiger partial charge in [-0.2, -0.15) is 5.10 Å². The predicted octanol–water partition coefficient (Wildman–Crippen LogP) is 3.73. The Balaban J connectivity index is 1.31. The zero-order chi connectivity index (χ0) is 17.8. The molecule has 2 N–H and O–H groups in total. The second-order valence-corrected chi connectivity index (χ2v) is 6.89. The molecule has 1 aliphatic rings. The molecule has 1 fully saturated rings. The second kappa shape index (κ2) is 7.60. The van der Waals surface area contributed by atoms with Crippen LogP contribution in [0.5, 0.6) is 0 Å². The van der Waals surface area contributed by atoms with Crippen molar-refractivity contribution in [3.63, 3.8) is 0 Å². The highest BCUT2D eigenvalue weighted by atomic mass is 16.2. The molecule has 0 spiro atoms. The monoisotopic (exact) mass is 348 g/mol. The summed E-state index contributed by atoms with van der Waals surface area (Å²) < 4.78 is 0. The standard InChI is InChI=1S/C21H24N4O/c26-20(25-12-1-2-13-25)11-8-16-6-9-19(10-7-16)22-14-17-4-3-5-18-15-23-24-21(17)18/h3-7,9-10,15,22H,1-2,8,11-14H2,(H,23,24). The molecule has 4 rings (SSSR count). The van der Waals surface area contributed by atoms with Gasteiger partial charge < -0.3 is 10.2 Å². The van der Waals surface area contributed by atoms with Crippen LogP contribution in [0.25, 0.3) is 10.9 Å². The summed E-state index contributed by atoms with van der Waals surface area (Å²) in [5.74, 6) is 0.289. The maximum Gasteiger partial charge on any atom is 0.222 e. The van der Waals surface area contributed by atoms with Gasteiger partial charge in [0.2, 0.25) is 5.91 Å². The van der Waals surface area contributed by atoms with E-state index in [9.17, 15) is 4.79 Å². The van der Waals surface area contributed by atoms with Crippen molar-refractivity contribution in [3.8, 4) is 0 Å². The molecule has 1 amide bonds. The zero-order valence-electron chi connectivity index (χ0n) is 14.9. The van der Waals surface area contributed by atoms with Gasteiger partial charge in [0.05, 0.1) is 11.7 Å². The molecule has 134 valence electrons. The summed E-state index contributed by atoms with van der Waals surface area (Å²) in [6, 6.07) is 14.6. The first kappa shape index (κ1) is 16.6. The van der Waals surface area contributed by atoms with Crippen molar-refractivity contribution in [2.45, 2.75) is 32.2 Å². The van der Waals surface area contributed by atoms with Crippen molar-refractivity contribution in [3.05, 3.63) is 59.8 Å². The number of para-hydroxylation sites is 1. The molecule has 5 nitrogen and oxygen atoms in total. The Kier molecular flexibility index (Phi) is 4.86. The third kappa shape index (κ3) is 3.72. The second-order valence-electron chi connectivity index (χ2n) is 6.89. The third-order valence-electron chi connectivity index (χ3n) is 5.09. The van der Waals surface area contributed by atoms with Crippen molar-refractivity contribution >= 4 is 22.5 Å². The van der Waals surface area contributed by atoms with Crippen LogP contribution in [0.1, 0.15) is 30.4 Å². The average molecular weight is 348 g/mol. The summed E-state index contributed by atoms with van der Waals surface area (Å²) in [5, 5.41) is 11.7. The number of aromatic nitrogens is 2. The van der Waals surface area contributed by atoms with Gasteiger partial charge in [-0.1, -0.05) is 30.3 Å². The molecule has 0 radical (unpaired) electrons. The highest BCUT2D eigenvalue weighted by molar-refractivity contribution is 5.81. The summed E-state index contributed by atoms with van der Waals surface area (Å²) in [5.41, 5.74) is 4.56. The zero-order valence-corrected chi connectivity index (χ0v) is 14.9. The van der Waals surface area contributed by atoms with Gasteiger partial charge in [-0.3, -0.25) is 9.89 Å². The Labute approximate surface area is 153 Å². The van der Waals surface area contributed by atoms with E-state index in [0.29, 0.717) is 6.42 Å². The number of rotatable bonds is 6. The van der Waals surface area contributed by atoms with Gasteiger partial charge in [0.25, 0.3) is 0 Å². The number of hydrogen-bond donors (Lipinski definition) is 2. The minimum absolute atomic E-state index is 0.289. The van der Waals surface area contributed by atoms with Gasteiger partial charge in [-0.05, 0) is 42.5 Å². The van der Waals surface area contributed by atoms with E-state index >= 15 is 0 Å². The van der Waals surface area contributed by atoms with E-state index in [4.69, 9.17) is 0 Å².